The Labute approximate surface area is 134 Å². The van der Waals surface area contributed by atoms with E-state index in [0.29, 0.717) is 0 Å². The second-order valence-electron chi connectivity index (χ2n) is 5.93. The predicted octanol–water partition coefficient (Wildman–Crippen LogP) is 4.04. The fourth-order valence-electron chi connectivity index (χ4n) is 3.16. The molecule has 0 aliphatic carbocycles. The lowest BCUT2D eigenvalue weighted by atomic mass is 9.95. The van der Waals surface area contributed by atoms with E-state index >= 15 is 0 Å². The molecule has 1 heterocycles. The first-order chi connectivity index (χ1) is 11.0. The van der Waals surface area contributed by atoms with Crippen molar-refractivity contribution in [3.05, 3.63) is 75.5 Å². The average Bonchev–Trinajstić information content (AvgIpc) is 2.84. The Morgan fingerprint density at radius 3 is 2.43 bits per heavy atom. The van der Waals surface area contributed by atoms with Crippen LogP contribution in [-0.2, 0) is 0 Å². The van der Waals surface area contributed by atoms with Crippen molar-refractivity contribution >= 4 is 16.6 Å². The number of aryl methyl sites for hydroxylation is 1. The van der Waals surface area contributed by atoms with Crippen LogP contribution in [0.25, 0.3) is 10.9 Å². The fraction of sp³-hybridized carbons (Fsp3) is 0.222. The van der Waals surface area contributed by atoms with Crippen molar-refractivity contribution in [2.45, 2.75) is 13.0 Å². The normalized spacial score (nSPS) is 12.7. The third-order valence-corrected chi connectivity index (χ3v) is 4.14. The number of nitrogens with one attached hydrogen (secondary N) is 1. The summed E-state index contributed by atoms with van der Waals surface area (Å²) in [5.74, 6) is 0. The summed E-state index contributed by atoms with van der Waals surface area (Å²) in [6.07, 6.45) is 0. The molecule has 0 spiro atoms. The molecule has 0 bridgehead atoms. The molecule has 0 saturated carbocycles. The zero-order valence-electron chi connectivity index (χ0n) is 13.4. The Morgan fingerprint density at radius 2 is 1.83 bits per heavy atom. The van der Waals surface area contributed by atoms with Gasteiger partial charge < -0.3 is 4.98 Å². The van der Waals surface area contributed by atoms with Gasteiger partial charge in [-0.3, -0.25) is 15.0 Å². The second kappa shape index (κ2) is 5.85. The number of hydrogen-bond donors (Lipinski definition) is 1. The Bertz CT molecular complexity index is 853. The Balaban J connectivity index is 2.25. The molecule has 3 rings (SSSR count). The quantitative estimate of drug-likeness (QED) is 0.584. The van der Waals surface area contributed by atoms with Crippen molar-refractivity contribution in [3.63, 3.8) is 0 Å². The summed E-state index contributed by atoms with van der Waals surface area (Å²) in [6, 6.07) is 15.2. The number of hydrogen-bond acceptors (Lipinski definition) is 3. The monoisotopic (exact) mass is 309 g/mol. The highest BCUT2D eigenvalue weighted by Crippen LogP contribution is 2.36. The number of nitro benzene ring substituents is 1. The van der Waals surface area contributed by atoms with Gasteiger partial charge in [0.05, 0.1) is 11.0 Å². The lowest BCUT2D eigenvalue weighted by Crippen LogP contribution is -2.21. The van der Waals surface area contributed by atoms with Crippen molar-refractivity contribution in [1.29, 1.82) is 0 Å². The van der Waals surface area contributed by atoms with Gasteiger partial charge in [-0.1, -0.05) is 30.3 Å². The molecule has 0 saturated heterocycles. The van der Waals surface area contributed by atoms with E-state index in [9.17, 15) is 10.1 Å². The van der Waals surface area contributed by atoms with Crippen LogP contribution in [0.2, 0.25) is 0 Å². The lowest BCUT2D eigenvalue weighted by Gasteiger charge is -2.25. The zero-order chi connectivity index (χ0) is 16.6. The van der Waals surface area contributed by atoms with Crippen molar-refractivity contribution in [3.8, 4) is 0 Å². The molecule has 5 heteroatoms. The largest absolute Gasteiger partial charge is 0.358 e. The van der Waals surface area contributed by atoms with Gasteiger partial charge in [-0.15, -0.1) is 0 Å². The Kier molecular flexibility index (Phi) is 3.88. The number of aromatic nitrogens is 1. The molecular formula is C18H19N3O2. The van der Waals surface area contributed by atoms with Gasteiger partial charge in [-0.25, -0.2) is 0 Å². The van der Waals surface area contributed by atoms with Crippen molar-refractivity contribution in [2.75, 3.05) is 14.1 Å². The number of H-pyrrole nitrogens is 1. The molecule has 23 heavy (non-hydrogen) atoms. The smallest absolute Gasteiger partial charge is 0.270 e. The Morgan fingerprint density at radius 1 is 1.13 bits per heavy atom. The first-order valence-electron chi connectivity index (χ1n) is 7.47. The third kappa shape index (κ3) is 2.71. The molecule has 3 aromatic rings. The third-order valence-electron chi connectivity index (χ3n) is 4.14. The first-order valence-corrected chi connectivity index (χ1v) is 7.47. The van der Waals surface area contributed by atoms with E-state index in [1.54, 1.807) is 12.1 Å². The van der Waals surface area contributed by atoms with Gasteiger partial charge in [0.2, 0.25) is 0 Å². The van der Waals surface area contributed by atoms with Crippen LogP contribution < -0.4 is 0 Å². The van der Waals surface area contributed by atoms with E-state index in [0.717, 1.165) is 27.7 Å². The topological polar surface area (TPSA) is 62.2 Å². The van der Waals surface area contributed by atoms with E-state index in [1.165, 1.54) is 6.07 Å². The fourth-order valence-corrected chi connectivity index (χ4v) is 3.16. The van der Waals surface area contributed by atoms with E-state index < -0.39 is 0 Å². The number of aromatic amines is 1. The molecule has 0 aliphatic rings. The molecular weight excluding hydrogens is 290 g/mol. The number of benzene rings is 2. The van der Waals surface area contributed by atoms with Crippen LogP contribution in [0.4, 0.5) is 5.69 Å². The number of rotatable bonds is 4. The van der Waals surface area contributed by atoms with Gasteiger partial charge in [-0.2, -0.15) is 0 Å². The molecule has 0 amide bonds. The summed E-state index contributed by atoms with van der Waals surface area (Å²) in [4.78, 5) is 16.3. The molecule has 5 nitrogen and oxygen atoms in total. The van der Waals surface area contributed by atoms with Crippen LogP contribution in [-0.4, -0.2) is 28.9 Å². The lowest BCUT2D eigenvalue weighted by molar-refractivity contribution is -0.384. The summed E-state index contributed by atoms with van der Waals surface area (Å²) in [5, 5.41) is 12.0. The molecule has 118 valence electrons. The molecule has 0 radical (unpaired) electrons. The van der Waals surface area contributed by atoms with Crippen LogP contribution >= 0.6 is 0 Å². The van der Waals surface area contributed by atoms with Gasteiger partial charge in [0.25, 0.3) is 5.69 Å². The maximum absolute atomic E-state index is 11.1. The van der Waals surface area contributed by atoms with Gasteiger partial charge in [0.15, 0.2) is 0 Å². The van der Waals surface area contributed by atoms with Crippen molar-refractivity contribution < 1.29 is 4.92 Å². The summed E-state index contributed by atoms with van der Waals surface area (Å²) in [5.41, 5.74) is 4.31. The maximum Gasteiger partial charge on any atom is 0.270 e. The van der Waals surface area contributed by atoms with Gasteiger partial charge in [0.1, 0.15) is 0 Å². The van der Waals surface area contributed by atoms with Crippen LogP contribution in [0, 0.1) is 17.0 Å². The number of nitrogens with zero attached hydrogens (tertiary/aromatic N) is 2. The molecule has 1 atom stereocenters. The van der Waals surface area contributed by atoms with E-state index in [4.69, 9.17) is 0 Å². The summed E-state index contributed by atoms with van der Waals surface area (Å²) in [7, 11) is 4.04. The standard InChI is InChI=1S/C18H19N3O2/c1-12-17(18(20(2)3)13-7-5-4-6-8-13)15-11-14(21(22)23)9-10-16(15)19-12/h4-11,18-19H,1-3H3. The highest BCUT2D eigenvalue weighted by molar-refractivity contribution is 5.87. The van der Waals surface area contributed by atoms with E-state index in [1.807, 2.05) is 39.2 Å². The van der Waals surface area contributed by atoms with Crippen LogP contribution in [0.5, 0.6) is 0 Å². The number of nitro groups is 1. The molecule has 0 fully saturated rings. The maximum atomic E-state index is 11.1. The van der Waals surface area contributed by atoms with Crippen LogP contribution in [0.15, 0.2) is 48.5 Å². The van der Waals surface area contributed by atoms with E-state index in [-0.39, 0.29) is 16.7 Å². The first kappa shape index (κ1) is 15.2. The molecule has 1 unspecified atom stereocenters. The minimum atomic E-state index is -0.348. The Hall–Kier alpha value is -2.66. The van der Waals surface area contributed by atoms with Crippen molar-refractivity contribution in [2.24, 2.45) is 0 Å². The van der Waals surface area contributed by atoms with Gasteiger partial charge >= 0.3 is 0 Å². The van der Waals surface area contributed by atoms with Crippen LogP contribution in [0.3, 0.4) is 0 Å². The van der Waals surface area contributed by atoms with Crippen molar-refractivity contribution in [1.82, 2.24) is 9.88 Å². The molecule has 1 aromatic heterocycles. The van der Waals surface area contributed by atoms with Gasteiger partial charge in [-0.05, 0) is 32.6 Å². The molecule has 0 aliphatic heterocycles. The number of non-ortho nitro benzene ring substituents is 1. The molecule has 2 aromatic carbocycles. The SMILES string of the molecule is Cc1[nH]c2ccc([N+](=O)[O-])cc2c1C(c1ccccc1)N(C)C. The predicted molar refractivity (Wildman–Crippen MR) is 91.7 cm³/mol. The second-order valence-corrected chi connectivity index (χ2v) is 5.93. The summed E-state index contributed by atoms with van der Waals surface area (Å²) < 4.78 is 0. The number of fused-ring (bicyclic) bond motifs is 1. The minimum absolute atomic E-state index is 0.0342. The highest BCUT2D eigenvalue weighted by Gasteiger charge is 2.23. The molecule has 1 N–H and O–H groups in total. The van der Waals surface area contributed by atoms with Gasteiger partial charge in [0, 0.05) is 34.3 Å². The summed E-state index contributed by atoms with van der Waals surface area (Å²) in [6.45, 7) is 2.01. The average molecular weight is 309 g/mol. The zero-order valence-corrected chi connectivity index (χ0v) is 13.4. The summed E-state index contributed by atoms with van der Waals surface area (Å²) >= 11 is 0. The minimum Gasteiger partial charge on any atom is -0.358 e. The van der Waals surface area contributed by atoms with E-state index in [2.05, 4.69) is 22.0 Å². The van der Waals surface area contributed by atoms with Crippen LogP contribution in [0.1, 0.15) is 22.9 Å². The highest BCUT2D eigenvalue weighted by atomic mass is 16.6.